The molecule has 0 aliphatic heterocycles. The van der Waals surface area contributed by atoms with Crippen LogP contribution in [0.3, 0.4) is 0 Å². The SMILES string of the molecule is O=C(OCC(=CO)c1ccccc1)C(O)(c1ccccc1Cl)c1ccccc1Cl. The van der Waals surface area contributed by atoms with Crippen LogP contribution >= 0.6 is 23.2 Å². The molecule has 4 nitrogen and oxygen atoms in total. The molecule has 0 heterocycles. The molecule has 0 aromatic heterocycles. The molecule has 0 aliphatic carbocycles. The van der Waals surface area contributed by atoms with Gasteiger partial charge in [-0.1, -0.05) is 89.9 Å². The van der Waals surface area contributed by atoms with Crippen LogP contribution in [0.25, 0.3) is 5.57 Å². The van der Waals surface area contributed by atoms with Crippen LogP contribution in [0.4, 0.5) is 0 Å². The van der Waals surface area contributed by atoms with Crippen molar-refractivity contribution in [1.82, 2.24) is 0 Å². The van der Waals surface area contributed by atoms with Gasteiger partial charge >= 0.3 is 5.97 Å². The number of ether oxygens (including phenoxy) is 1. The molecule has 3 aromatic rings. The number of hydrogen-bond donors (Lipinski definition) is 2. The predicted octanol–water partition coefficient (Wildman–Crippen LogP) is 5.37. The van der Waals surface area contributed by atoms with Gasteiger partial charge < -0.3 is 14.9 Å². The Balaban J connectivity index is 1.98. The molecule has 2 N–H and O–H groups in total. The zero-order chi connectivity index (χ0) is 20.9. The Labute approximate surface area is 178 Å². The average Bonchev–Trinajstić information content (AvgIpc) is 2.75. The third kappa shape index (κ3) is 4.30. The smallest absolute Gasteiger partial charge is 0.348 e. The van der Waals surface area contributed by atoms with E-state index in [0.29, 0.717) is 11.1 Å². The number of halogens is 2. The summed E-state index contributed by atoms with van der Waals surface area (Å²) >= 11 is 12.6. The molecule has 0 saturated heterocycles. The summed E-state index contributed by atoms with van der Waals surface area (Å²) in [4.78, 5) is 13.1. The van der Waals surface area contributed by atoms with Gasteiger partial charge in [-0.3, -0.25) is 0 Å². The minimum Gasteiger partial charge on any atom is -0.515 e. The van der Waals surface area contributed by atoms with Crippen LogP contribution < -0.4 is 0 Å². The van der Waals surface area contributed by atoms with Crippen molar-refractivity contribution in [3.8, 4) is 0 Å². The fourth-order valence-corrected chi connectivity index (χ4v) is 3.51. The molecule has 0 aliphatic rings. The van der Waals surface area contributed by atoms with Crippen LogP contribution in [-0.2, 0) is 15.1 Å². The van der Waals surface area contributed by atoms with E-state index in [9.17, 15) is 15.0 Å². The molecule has 148 valence electrons. The molecule has 3 rings (SSSR count). The minimum absolute atomic E-state index is 0.147. The Morgan fingerprint density at radius 2 is 1.34 bits per heavy atom. The predicted molar refractivity (Wildman–Crippen MR) is 114 cm³/mol. The van der Waals surface area contributed by atoms with E-state index < -0.39 is 11.6 Å². The number of carbonyl (C=O) groups is 1. The van der Waals surface area contributed by atoms with Gasteiger partial charge in [-0.15, -0.1) is 0 Å². The van der Waals surface area contributed by atoms with Crippen LogP contribution in [-0.4, -0.2) is 22.8 Å². The lowest BCUT2D eigenvalue weighted by molar-refractivity contribution is -0.160. The second kappa shape index (κ2) is 9.14. The number of aliphatic hydroxyl groups excluding tert-OH is 1. The number of aliphatic hydroxyl groups is 2. The van der Waals surface area contributed by atoms with Crippen molar-refractivity contribution in [2.45, 2.75) is 5.60 Å². The molecule has 0 saturated carbocycles. The van der Waals surface area contributed by atoms with Crippen LogP contribution in [0, 0.1) is 0 Å². The third-order valence-corrected chi connectivity index (χ3v) is 5.14. The molecular formula is C23H18Cl2O4. The average molecular weight is 429 g/mol. The van der Waals surface area contributed by atoms with Gasteiger partial charge in [0.15, 0.2) is 0 Å². The second-order valence-corrected chi connectivity index (χ2v) is 7.08. The van der Waals surface area contributed by atoms with Crippen LogP contribution in [0.1, 0.15) is 16.7 Å². The van der Waals surface area contributed by atoms with Gasteiger partial charge in [0.05, 0.1) is 6.26 Å². The molecule has 0 fully saturated rings. The monoisotopic (exact) mass is 428 g/mol. The van der Waals surface area contributed by atoms with Gasteiger partial charge in [0.1, 0.15) is 6.61 Å². The van der Waals surface area contributed by atoms with E-state index in [-0.39, 0.29) is 27.8 Å². The molecule has 0 amide bonds. The molecule has 3 aromatic carbocycles. The lowest BCUT2D eigenvalue weighted by Gasteiger charge is -2.28. The Bertz CT molecular complexity index is 986. The van der Waals surface area contributed by atoms with E-state index in [0.717, 1.165) is 6.26 Å². The van der Waals surface area contributed by atoms with E-state index in [1.807, 2.05) is 6.07 Å². The van der Waals surface area contributed by atoms with Gasteiger partial charge in [-0.25, -0.2) is 4.79 Å². The first-order valence-electron chi connectivity index (χ1n) is 8.76. The first-order valence-corrected chi connectivity index (χ1v) is 9.52. The van der Waals surface area contributed by atoms with E-state index in [2.05, 4.69) is 0 Å². The molecule has 0 unspecified atom stereocenters. The van der Waals surface area contributed by atoms with E-state index >= 15 is 0 Å². The molecule has 0 radical (unpaired) electrons. The van der Waals surface area contributed by atoms with Gasteiger partial charge in [0, 0.05) is 26.7 Å². The van der Waals surface area contributed by atoms with Crippen LogP contribution in [0.2, 0.25) is 10.0 Å². The Kier molecular flexibility index (Phi) is 6.60. The molecular weight excluding hydrogens is 411 g/mol. The molecule has 0 spiro atoms. The molecule has 0 atom stereocenters. The van der Waals surface area contributed by atoms with Crippen molar-refractivity contribution < 1.29 is 19.7 Å². The van der Waals surface area contributed by atoms with Crippen LogP contribution in [0.5, 0.6) is 0 Å². The lowest BCUT2D eigenvalue weighted by Crippen LogP contribution is -2.39. The molecule has 0 bridgehead atoms. The second-order valence-electron chi connectivity index (χ2n) is 6.27. The van der Waals surface area contributed by atoms with E-state index in [1.54, 1.807) is 60.7 Å². The van der Waals surface area contributed by atoms with Crippen molar-refractivity contribution >= 4 is 34.7 Å². The summed E-state index contributed by atoms with van der Waals surface area (Å²) in [6.45, 7) is -0.253. The van der Waals surface area contributed by atoms with Gasteiger partial charge in [0.25, 0.3) is 0 Å². The zero-order valence-electron chi connectivity index (χ0n) is 15.3. The summed E-state index contributed by atoms with van der Waals surface area (Å²) in [5.41, 5.74) is -0.877. The highest BCUT2D eigenvalue weighted by Crippen LogP contribution is 2.39. The highest BCUT2D eigenvalue weighted by Gasteiger charge is 2.44. The van der Waals surface area contributed by atoms with Crippen molar-refractivity contribution in [3.63, 3.8) is 0 Å². The number of carbonyl (C=O) groups excluding carboxylic acids is 1. The van der Waals surface area contributed by atoms with Crippen LogP contribution in [0.15, 0.2) is 85.1 Å². The maximum atomic E-state index is 13.1. The normalized spacial score (nSPS) is 11.9. The van der Waals surface area contributed by atoms with Gasteiger partial charge in [-0.05, 0) is 17.7 Å². The fourth-order valence-electron chi connectivity index (χ4n) is 2.97. The van der Waals surface area contributed by atoms with Crippen molar-refractivity contribution in [1.29, 1.82) is 0 Å². The zero-order valence-corrected chi connectivity index (χ0v) is 16.8. The summed E-state index contributed by atoms with van der Waals surface area (Å²) in [6.07, 6.45) is 0.868. The fraction of sp³-hybridized carbons (Fsp3) is 0.0870. The van der Waals surface area contributed by atoms with Gasteiger partial charge in [-0.2, -0.15) is 0 Å². The highest BCUT2D eigenvalue weighted by atomic mass is 35.5. The highest BCUT2D eigenvalue weighted by molar-refractivity contribution is 6.33. The maximum Gasteiger partial charge on any atom is 0.348 e. The standard InChI is InChI=1S/C23H18Cl2O4/c24-20-12-6-4-10-18(20)23(28,19-11-5-7-13-21(19)25)22(27)29-15-17(14-26)16-8-2-1-3-9-16/h1-14,26,28H,15H2. The quantitative estimate of drug-likeness (QED) is 0.408. The number of rotatable bonds is 6. The van der Waals surface area contributed by atoms with Crippen molar-refractivity contribution in [2.24, 2.45) is 0 Å². The third-order valence-electron chi connectivity index (χ3n) is 4.48. The number of hydrogen-bond acceptors (Lipinski definition) is 4. The number of esters is 1. The first-order chi connectivity index (χ1) is 14.0. The van der Waals surface area contributed by atoms with E-state index in [4.69, 9.17) is 27.9 Å². The summed E-state index contributed by atoms with van der Waals surface area (Å²) in [7, 11) is 0. The Morgan fingerprint density at radius 3 is 1.83 bits per heavy atom. The molecule has 6 heteroatoms. The topological polar surface area (TPSA) is 66.8 Å². The van der Waals surface area contributed by atoms with Crippen molar-refractivity contribution in [2.75, 3.05) is 6.61 Å². The summed E-state index contributed by atoms with van der Waals surface area (Å²) in [5.74, 6) is -0.964. The van der Waals surface area contributed by atoms with E-state index in [1.165, 1.54) is 12.1 Å². The number of benzene rings is 3. The largest absolute Gasteiger partial charge is 0.515 e. The summed E-state index contributed by atoms with van der Waals surface area (Å²) < 4.78 is 5.40. The lowest BCUT2D eigenvalue weighted by atomic mass is 9.86. The Morgan fingerprint density at radius 1 is 0.862 bits per heavy atom. The summed E-state index contributed by atoms with van der Waals surface area (Å²) in [6, 6.07) is 21.8. The first kappa shape index (κ1) is 20.9. The maximum absolute atomic E-state index is 13.1. The molecule has 29 heavy (non-hydrogen) atoms. The van der Waals surface area contributed by atoms with Gasteiger partial charge in [0.2, 0.25) is 5.60 Å². The minimum atomic E-state index is -2.23. The van der Waals surface area contributed by atoms with Crippen molar-refractivity contribution in [3.05, 3.63) is 112 Å². The Hall–Kier alpha value is -2.79. The summed E-state index contributed by atoms with van der Waals surface area (Å²) in [5, 5.41) is 21.4.